The van der Waals surface area contributed by atoms with Gasteiger partial charge in [0.2, 0.25) is 0 Å². The molecule has 1 heterocycles. The van der Waals surface area contributed by atoms with Gasteiger partial charge in [0, 0.05) is 31.4 Å². The number of anilines is 1. The second kappa shape index (κ2) is 10.9. The van der Waals surface area contributed by atoms with Crippen LogP contribution in [0.3, 0.4) is 0 Å². The van der Waals surface area contributed by atoms with Crippen LogP contribution in [0.15, 0.2) is 24.3 Å². The molecular formula is C21H31F3N2O3. The summed E-state index contributed by atoms with van der Waals surface area (Å²) in [5.41, 5.74) is 1.61. The molecule has 164 valence electrons. The minimum absolute atomic E-state index is 0.267. The van der Waals surface area contributed by atoms with Crippen LogP contribution in [0.5, 0.6) is 0 Å². The molecule has 5 nitrogen and oxygen atoms in total. The predicted molar refractivity (Wildman–Crippen MR) is 106 cm³/mol. The Kier molecular flexibility index (Phi) is 8.92. The van der Waals surface area contributed by atoms with E-state index in [9.17, 15) is 18.0 Å². The number of hydrogen-bond acceptors (Lipinski definition) is 4. The van der Waals surface area contributed by atoms with E-state index in [-0.39, 0.29) is 6.10 Å². The standard InChI is InChI=1S/C21H31F3N2O3/c1-15(2)26(13-19-6-4-5-11-28-19)12-17-7-9-18(10-8-17)25-20(27)16(3)29-14-21(22,23)24/h7-10,15-16,19H,4-6,11-14H2,1-3H3,(H,25,27)/t16-,19+/m0/s1. The number of rotatable bonds is 9. The fourth-order valence-electron chi connectivity index (χ4n) is 3.14. The summed E-state index contributed by atoms with van der Waals surface area (Å²) in [6.45, 7) is 6.62. The van der Waals surface area contributed by atoms with Crippen LogP contribution in [0.4, 0.5) is 18.9 Å². The Balaban J connectivity index is 1.86. The van der Waals surface area contributed by atoms with Crippen molar-refractivity contribution < 1.29 is 27.4 Å². The van der Waals surface area contributed by atoms with Gasteiger partial charge in [0.15, 0.2) is 0 Å². The smallest absolute Gasteiger partial charge is 0.377 e. The Morgan fingerprint density at radius 2 is 1.93 bits per heavy atom. The van der Waals surface area contributed by atoms with E-state index in [2.05, 4.69) is 28.8 Å². The largest absolute Gasteiger partial charge is 0.411 e. The van der Waals surface area contributed by atoms with Crippen LogP contribution in [-0.4, -0.2) is 55.0 Å². The quantitative estimate of drug-likeness (QED) is 0.649. The third-order valence-corrected chi connectivity index (χ3v) is 4.92. The van der Waals surface area contributed by atoms with Gasteiger partial charge in [0.1, 0.15) is 12.7 Å². The predicted octanol–water partition coefficient (Wildman–Crippen LogP) is 4.37. The molecule has 1 amide bonds. The molecule has 1 aliphatic rings. The van der Waals surface area contributed by atoms with Gasteiger partial charge in [-0.25, -0.2) is 0 Å². The second-order valence-corrected chi connectivity index (χ2v) is 7.77. The van der Waals surface area contributed by atoms with Crippen LogP contribution >= 0.6 is 0 Å². The Morgan fingerprint density at radius 3 is 2.48 bits per heavy atom. The number of benzene rings is 1. The molecule has 29 heavy (non-hydrogen) atoms. The van der Waals surface area contributed by atoms with Crippen molar-refractivity contribution in [2.45, 2.75) is 71.0 Å². The minimum atomic E-state index is -4.46. The van der Waals surface area contributed by atoms with E-state index in [1.165, 1.54) is 13.3 Å². The second-order valence-electron chi connectivity index (χ2n) is 7.77. The van der Waals surface area contributed by atoms with E-state index in [0.717, 1.165) is 38.1 Å². The van der Waals surface area contributed by atoms with Crippen LogP contribution in [0.25, 0.3) is 0 Å². The van der Waals surface area contributed by atoms with E-state index < -0.39 is 24.8 Å². The van der Waals surface area contributed by atoms with Gasteiger partial charge >= 0.3 is 6.18 Å². The number of nitrogens with zero attached hydrogens (tertiary/aromatic N) is 1. The summed E-state index contributed by atoms with van der Waals surface area (Å²) < 4.78 is 47.0. The molecule has 0 aromatic heterocycles. The lowest BCUT2D eigenvalue weighted by Gasteiger charge is -2.32. The first-order chi connectivity index (χ1) is 13.6. The van der Waals surface area contributed by atoms with Crippen molar-refractivity contribution in [2.75, 3.05) is 25.1 Å². The molecule has 2 rings (SSSR count). The maximum Gasteiger partial charge on any atom is 0.411 e. The van der Waals surface area contributed by atoms with Crippen molar-refractivity contribution in [1.82, 2.24) is 4.90 Å². The topological polar surface area (TPSA) is 50.8 Å². The molecule has 1 aromatic carbocycles. The van der Waals surface area contributed by atoms with Gasteiger partial charge in [-0.2, -0.15) is 13.2 Å². The highest BCUT2D eigenvalue weighted by atomic mass is 19.4. The number of carbonyl (C=O) groups excluding carboxylic acids is 1. The van der Waals surface area contributed by atoms with Gasteiger partial charge in [0.05, 0.1) is 6.10 Å². The summed E-state index contributed by atoms with van der Waals surface area (Å²) in [4.78, 5) is 14.3. The fraction of sp³-hybridized carbons (Fsp3) is 0.667. The summed E-state index contributed by atoms with van der Waals surface area (Å²) in [5, 5.41) is 2.58. The maximum absolute atomic E-state index is 12.2. The maximum atomic E-state index is 12.2. The first kappa shape index (κ1) is 23.6. The molecule has 0 bridgehead atoms. The number of halogens is 3. The summed E-state index contributed by atoms with van der Waals surface area (Å²) in [5.74, 6) is -0.611. The lowest BCUT2D eigenvalue weighted by atomic mass is 10.1. The van der Waals surface area contributed by atoms with Gasteiger partial charge in [-0.3, -0.25) is 9.69 Å². The van der Waals surface area contributed by atoms with Crippen LogP contribution in [0.2, 0.25) is 0 Å². The Morgan fingerprint density at radius 1 is 1.24 bits per heavy atom. The number of carbonyl (C=O) groups is 1. The molecule has 1 aromatic rings. The summed E-state index contributed by atoms with van der Waals surface area (Å²) in [7, 11) is 0. The highest BCUT2D eigenvalue weighted by Crippen LogP contribution is 2.19. The number of ether oxygens (including phenoxy) is 2. The van der Waals surface area contributed by atoms with E-state index in [0.29, 0.717) is 11.7 Å². The molecule has 8 heteroatoms. The van der Waals surface area contributed by atoms with Crippen LogP contribution < -0.4 is 5.32 Å². The molecule has 2 atom stereocenters. The Labute approximate surface area is 170 Å². The lowest BCUT2D eigenvalue weighted by molar-refractivity contribution is -0.184. The Hall–Kier alpha value is -1.64. The molecule has 0 saturated carbocycles. The average Bonchev–Trinajstić information content (AvgIpc) is 2.67. The number of nitrogens with one attached hydrogen (secondary N) is 1. The zero-order valence-electron chi connectivity index (χ0n) is 17.3. The van der Waals surface area contributed by atoms with E-state index in [4.69, 9.17) is 4.74 Å². The molecular weight excluding hydrogens is 385 g/mol. The zero-order valence-corrected chi connectivity index (χ0v) is 17.3. The molecule has 0 radical (unpaired) electrons. The monoisotopic (exact) mass is 416 g/mol. The summed E-state index contributed by atoms with van der Waals surface area (Å²) >= 11 is 0. The molecule has 1 fully saturated rings. The molecule has 1 aliphatic heterocycles. The fourth-order valence-corrected chi connectivity index (χ4v) is 3.14. The lowest BCUT2D eigenvalue weighted by Crippen LogP contribution is -2.39. The third-order valence-electron chi connectivity index (χ3n) is 4.92. The summed E-state index contributed by atoms with van der Waals surface area (Å²) in [6, 6.07) is 7.69. The minimum Gasteiger partial charge on any atom is -0.377 e. The van der Waals surface area contributed by atoms with Crippen LogP contribution in [0.1, 0.15) is 45.6 Å². The number of hydrogen-bond donors (Lipinski definition) is 1. The first-order valence-corrected chi connectivity index (χ1v) is 10.1. The zero-order chi connectivity index (χ0) is 21.4. The summed E-state index contributed by atoms with van der Waals surface area (Å²) in [6.07, 6.45) is -1.96. The molecule has 1 N–H and O–H groups in total. The number of amides is 1. The number of alkyl halides is 3. The highest BCUT2D eigenvalue weighted by Gasteiger charge is 2.30. The first-order valence-electron chi connectivity index (χ1n) is 10.1. The van der Waals surface area contributed by atoms with Gasteiger partial charge in [-0.1, -0.05) is 12.1 Å². The average molecular weight is 416 g/mol. The van der Waals surface area contributed by atoms with Gasteiger partial charge in [-0.05, 0) is 57.7 Å². The van der Waals surface area contributed by atoms with Gasteiger partial charge in [-0.15, -0.1) is 0 Å². The van der Waals surface area contributed by atoms with Crippen molar-refractivity contribution in [1.29, 1.82) is 0 Å². The van der Waals surface area contributed by atoms with E-state index in [1.54, 1.807) is 12.1 Å². The SMILES string of the molecule is CC(C)N(Cc1ccc(NC(=O)[C@H](C)OCC(F)(F)F)cc1)C[C@H]1CCCCO1. The molecule has 0 spiro atoms. The van der Waals surface area contributed by atoms with Gasteiger partial charge in [0.25, 0.3) is 5.91 Å². The van der Waals surface area contributed by atoms with Crippen molar-refractivity contribution in [2.24, 2.45) is 0 Å². The van der Waals surface area contributed by atoms with E-state index >= 15 is 0 Å². The van der Waals surface area contributed by atoms with Crippen LogP contribution in [-0.2, 0) is 20.8 Å². The van der Waals surface area contributed by atoms with Crippen LogP contribution in [0, 0.1) is 0 Å². The van der Waals surface area contributed by atoms with Crippen molar-refractivity contribution in [3.8, 4) is 0 Å². The highest BCUT2D eigenvalue weighted by molar-refractivity contribution is 5.93. The van der Waals surface area contributed by atoms with Crippen molar-refractivity contribution in [3.05, 3.63) is 29.8 Å². The third kappa shape index (κ3) is 8.72. The molecule has 0 unspecified atom stereocenters. The van der Waals surface area contributed by atoms with Crippen molar-refractivity contribution >= 4 is 11.6 Å². The Bertz CT molecular complexity index is 629. The van der Waals surface area contributed by atoms with Crippen molar-refractivity contribution in [3.63, 3.8) is 0 Å². The normalized spacial score (nSPS) is 18.8. The van der Waals surface area contributed by atoms with Gasteiger partial charge < -0.3 is 14.8 Å². The molecule has 1 saturated heterocycles. The van der Waals surface area contributed by atoms with E-state index in [1.807, 2.05) is 12.1 Å². The molecule has 0 aliphatic carbocycles.